The number of nitrogens with zero attached hydrogens (tertiary/aromatic N) is 2. The van der Waals surface area contributed by atoms with Gasteiger partial charge in [-0.2, -0.15) is 5.26 Å². The summed E-state index contributed by atoms with van der Waals surface area (Å²) in [6.07, 6.45) is 3.96. The average molecular weight is 238 g/mol. The van der Waals surface area contributed by atoms with E-state index in [1.807, 2.05) is 0 Å². The van der Waals surface area contributed by atoms with Gasteiger partial charge in [-0.25, -0.2) is 0 Å². The highest BCUT2D eigenvalue weighted by Gasteiger charge is 2.22. The zero-order valence-electron chi connectivity index (χ0n) is 10.8. The van der Waals surface area contributed by atoms with Gasteiger partial charge in [0.2, 0.25) is 0 Å². The number of piperidine rings is 1. The van der Waals surface area contributed by atoms with Gasteiger partial charge in [-0.05, 0) is 58.7 Å². The summed E-state index contributed by atoms with van der Waals surface area (Å²) >= 11 is 0. The molecule has 0 bridgehead atoms. The van der Waals surface area contributed by atoms with Gasteiger partial charge in [-0.1, -0.05) is 0 Å². The van der Waals surface area contributed by atoms with Crippen LogP contribution in [0.25, 0.3) is 0 Å². The number of ether oxygens (including phenoxy) is 1. The number of hydrogen-bond acceptors (Lipinski definition) is 4. The fourth-order valence-electron chi connectivity index (χ4n) is 2.23. The lowest BCUT2D eigenvalue weighted by molar-refractivity contribution is -0.146. The van der Waals surface area contributed by atoms with Crippen LogP contribution >= 0.6 is 0 Å². The van der Waals surface area contributed by atoms with Crippen LogP contribution in [0.1, 0.15) is 32.6 Å². The third-order valence-corrected chi connectivity index (χ3v) is 3.43. The minimum atomic E-state index is -0.574. The van der Waals surface area contributed by atoms with Gasteiger partial charge in [0.05, 0.1) is 12.7 Å². The first-order valence-corrected chi connectivity index (χ1v) is 6.42. The fraction of sp³-hybridized carbons (Fsp3) is 0.846. The van der Waals surface area contributed by atoms with Gasteiger partial charge in [0.1, 0.15) is 5.92 Å². The molecular formula is C13H22N2O2. The van der Waals surface area contributed by atoms with Crippen LogP contribution in [0, 0.1) is 23.2 Å². The van der Waals surface area contributed by atoms with Crippen LogP contribution in [0.5, 0.6) is 0 Å². The molecular weight excluding hydrogens is 216 g/mol. The molecule has 17 heavy (non-hydrogen) atoms. The van der Waals surface area contributed by atoms with Gasteiger partial charge in [-0.15, -0.1) is 0 Å². The van der Waals surface area contributed by atoms with Crippen LogP contribution in [-0.4, -0.2) is 37.6 Å². The summed E-state index contributed by atoms with van der Waals surface area (Å²) in [4.78, 5) is 13.8. The molecule has 0 aromatic rings. The van der Waals surface area contributed by atoms with Crippen molar-refractivity contribution >= 4 is 5.97 Å². The van der Waals surface area contributed by atoms with E-state index in [-0.39, 0.29) is 5.97 Å². The third kappa shape index (κ3) is 4.74. The van der Waals surface area contributed by atoms with Crippen molar-refractivity contribution in [1.29, 1.82) is 5.26 Å². The fourth-order valence-corrected chi connectivity index (χ4v) is 2.23. The number of esters is 1. The van der Waals surface area contributed by atoms with E-state index in [0.717, 1.165) is 19.5 Å². The first-order chi connectivity index (χ1) is 8.17. The normalized spacial score (nSPS) is 19.6. The van der Waals surface area contributed by atoms with Crippen LogP contribution in [-0.2, 0) is 9.53 Å². The Morgan fingerprint density at radius 2 is 2.18 bits per heavy atom. The van der Waals surface area contributed by atoms with Gasteiger partial charge in [-0.3, -0.25) is 4.79 Å². The molecule has 96 valence electrons. The molecule has 4 heteroatoms. The van der Waals surface area contributed by atoms with Crippen molar-refractivity contribution in [3.63, 3.8) is 0 Å². The summed E-state index contributed by atoms with van der Waals surface area (Å²) < 4.78 is 4.88. The molecule has 4 nitrogen and oxygen atoms in total. The number of likely N-dealkylation sites (tertiary alicyclic amines) is 1. The van der Waals surface area contributed by atoms with Crippen LogP contribution in [0.4, 0.5) is 0 Å². The van der Waals surface area contributed by atoms with E-state index in [0.29, 0.717) is 18.9 Å². The summed E-state index contributed by atoms with van der Waals surface area (Å²) in [7, 11) is 2.13. The second-order valence-corrected chi connectivity index (χ2v) is 4.76. The van der Waals surface area contributed by atoms with E-state index in [1.54, 1.807) is 6.92 Å². The molecule has 1 heterocycles. The summed E-state index contributed by atoms with van der Waals surface area (Å²) in [5, 5.41) is 8.94. The zero-order valence-corrected chi connectivity index (χ0v) is 10.8. The molecule has 0 aliphatic carbocycles. The topological polar surface area (TPSA) is 53.3 Å². The molecule has 0 N–H and O–H groups in total. The number of hydrogen-bond donors (Lipinski definition) is 0. The molecule has 1 unspecified atom stereocenters. The lowest BCUT2D eigenvalue weighted by Gasteiger charge is -2.29. The maximum Gasteiger partial charge on any atom is 0.323 e. The standard InChI is InChI=1S/C13H22N2O2/c1-3-17-13(16)12(10-14)5-4-11-6-8-15(2)9-7-11/h11-12H,3-9H2,1-2H3. The van der Waals surface area contributed by atoms with Gasteiger partial charge in [0.25, 0.3) is 0 Å². The molecule has 0 radical (unpaired) electrons. The first-order valence-electron chi connectivity index (χ1n) is 6.42. The predicted molar refractivity (Wildman–Crippen MR) is 65.2 cm³/mol. The van der Waals surface area contributed by atoms with Gasteiger partial charge in [0.15, 0.2) is 0 Å². The molecule has 1 atom stereocenters. The van der Waals surface area contributed by atoms with Crippen molar-refractivity contribution in [2.75, 3.05) is 26.7 Å². The molecule has 1 saturated heterocycles. The lowest BCUT2D eigenvalue weighted by Crippen LogP contribution is -2.30. The molecule has 1 rings (SSSR count). The highest BCUT2D eigenvalue weighted by molar-refractivity contribution is 5.75. The lowest BCUT2D eigenvalue weighted by atomic mass is 9.89. The van der Waals surface area contributed by atoms with Crippen molar-refractivity contribution in [2.24, 2.45) is 11.8 Å². The second-order valence-electron chi connectivity index (χ2n) is 4.76. The summed E-state index contributed by atoms with van der Waals surface area (Å²) in [5.41, 5.74) is 0. The number of carbonyl (C=O) groups is 1. The Bertz CT molecular complexity index is 278. The van der Waals surface area contributed by atoms with E-state index in [1.165, 1.54) is 12.8 Å². The van der Waals surface area contributed by atoms with Crippen LogP contribution in [0.3, 0.4) is 0 Å². The van der Waals surface area contributed by atoms with Gasteiger partial charge in [0, 0.05) is 0 Å². The number of nitriles is 1. The highest BCUT2D eigenvalue weighted by atomic mass is 16.5. The molecule has 0 aromatic carbocycles. The van der Waals surface area contributed by atoms with E-state index in [4.69, 9.17) is 10.00 Å². The molecule has 0 amide bonds. The van der Waals surface area contributed by atoms with Gasteiger partial charge < -0.3 is 9.64 Å². The Balaban J connectivity index is 2.28. The highest BCUT2D eigenvalue weighted by Crippen LogP contribution is 2.23. The zero-order chi connectivity index (χ0) is 12.7. The monoisotopic (exact) mass is 238 g/mol. The maximum atomic E-state index is 11.4. The number of rotatable bonds is 5. The van der Waals surface area contributed by atoms with Crippen molar-refractivity contribution in [2.45, 2.75) is 32.6 Å². The Morgan fingerprint density at radius 1 is 1.53 bits per heavy atom. The van der Waals surface area contributed by atoms with Crippen molar-refractivity contribution in [1.82, 2.24) is 4.90 Å². The van der Waals surface area contributed by atoms with Crippen LogP contribution in [0.15, 0.2) is 0 Å². The molecule has 0 aromatic heterocycles. The van der Waals surface area contributed by atoms with Crippen LogP contribution < -0.4 is 0 Å². The van der Waals surface area contributed by atoms with Crippen molar-refractivity contribution in [3.05, 3.63) is 0 Å². The minimum absolute atomic E-state index is 0.352. The SMILES string of the molecule is CCOC(=O)C(C#N)CCC1CCN(C)CC1. The summed E-state index contributed by atoms with van der Waals surface area (Å²) in [5.74, 6) is -0.269. The van der Waals surface area contributed by atoms with Crippen molar-refractivity contribution < 1.29 is 9.53 Å². The smallest absolute Gasteiger partial charge is 0.323 e. The quantitative estimate of drug-likeness (QED) is 0.685. The third-order valence-electron chi connectivity index (χ3n) is 3.43. The van der Waals surface area contributed by atoms with E-state index >= 15 is 0 Å². The van der Waals surface area contributed by atoms with Crippen molar-refractivity contribution in [3.8, 4) is 6.07 Å². The molecule has 0 saturated carbocycles. The molecule has 1 aliphatic heterocycles. The van der Waals surface area contributed by atoms with E-state index in [9.17, 15) is 4.79 Å². The minimum Gasteiger partial charge on any atom is -0.465 e. The van der Waals surface area contributed by atoms with E-state index < -0.39 is 5.92 Å². The Labute approximate surface area is 104 Å². The summed E-state index contributed by atoms with van der Waals surface area (Å²) in [6.45, 7) is 4.37. The maximum absolute atomic E-state index is 11.4. The predicted octanol–water partition coefficient (Wildman–Crippen LogP) is 1.81. The Hall–Kier alpha value is -1.08. The van der Waals surface area contributed by atoms with E-state index in [2.05, 4.69) is 18.0 Å². The Morgan fingerprint density at radius 3 is 2.71 bits per heavy atom. The number of carbonyl (C=O) groups excluding carboxylic acids is 1. The first kappa shape index (κ1) is 14.0. The van der Waals surface area contributed by atoms with Crippen LogP contribution in [0.2, 0.25) is 0 Å². The largest absolute Gasteiger partial charge is 0.465 e. The average Bonchev–Trinajstić information content (AvgIpc) is 2.32. The molecule has 1 fully saturated rings. The molecule has 1 aliphatic rings. The molecule has 0 spiro atoms. The Kier molecular flexibility index (Phi) is 5.99. The summed E-state index contributed by atoms with van der Waals surface area (Å²) in [6, 6.07) is 2.05. The second kappa shape index (κ2) is 7.29. The van der Waals surface area contributed by atoms with Gasteiger partial charge >= 0.3 is 5.97 Å².